The minimum absolute atomic E-state index is 0.334. The van der Waals surface area contributed by atoms with Gasteiger partial charge in [0, 0.05) is 32.6 Å². The Bertz CT molecular complexity index is 410. The van der Waals surface area contributed by atoms with Gasteiger partial charge in [-0.15, -0.1) is 0 Å². The Morgan fingerprint density at radius 1 is 1.05 bits per heavy atom. The third kappa shape index (κ3) is 5.50. The first kappa shape index (κ1) is 16.0. The van der Waals surface area contributed by atoms with E-state index in [0.29, 0.717) is 12.3 Å². The van der Waals surface area contributed by atoms with Gasteiger partial charge in [0.15, 0.2) is 0 Å². The Morgan fingerprint density at radius 3 is 2.43 bits per heavy atom. The molecule has 1 aromatic rings. The zero-order valence-corrected chi connectivity index (χ0v) is 13.3. The molecule has 3 heteroatoms. The van der Waals surface area contributed by atoms with Crippen LogP contribution < -0.4 is 0 Å². The molecule has 0 bridgehead atoms. The number of carbonyl (C=O) groups excluding carboxylic acids is 1. The maximum atomic E-state index is 12.2. The molecule has 0 saturated carbocycles. The summed E-state index contributed by atoms with van der Waals surface area (Å²) in [5, 5.41) is 0. The second-order valence-electron chi connectivity index (χ2n) is 5.92. The number of carbonyl (C=O) groups is 1. The highest BCUT2D eigenvalue weighted by Gasteiger charge is 2.19. The fourth-order valence-electron chi connectivity index (χ4n) is 2.85. The number of hydrogen-bond donors (Lipinski definition) is 0. The van der Waals surface area contributed by atoms with Crippen molar-refractivity contribution in [2.24, 2.45) is 0 Å². The zero-order chi connectivity index (χ0) is 14.9. The molecule has 2 rings (SSSR count). The van der Waals surface area contributed by atoms with Crippen molar-refractivity contribution in [3.05, 3.63) is 35.9 Å². The lowest BCUT2D eigenvalue weighted by atomic mass is 10.1. The lowest BCUT2D eigenvalue weighted by Crippen LogP contribution is -2.48. The van der Waals surface area contributed by atoms with Gasteiger partial charge >= 0.3 is 0 Å². The van der Waals surface area contributed by atoms with Crippen molar-refractivity contribution in [1.82, 2.24) is 9.80 Å². The fourth-order valence-corrected chi connectivity index (χ4v) is 2.85. The van der Waals surface area contributed by atoms with Crippen LogP contribution in [0, 0.1) is 0 Å². The monoisotopic (exact) mass is 288 g/mol. The molecule has 0 spiro atoms. The SMILES string of the molecule is CCCCN1CCN(C(=O)CCCc2ccccc2)CC1. The van der Waals surface area contributed by atoms with Crippen LogP contribution in [-0.2, 0) is 11.2 Å². The van der Waals surface area contributed by atoms with Crippen LogP contribution in [0.1, 0.15) is 38.2 Å². The molecule has 1 aliphatic rings. The molecule has 116 valence electrons. The average Bonchev–Trinajstić information content (AvgIpc) is 2.54. The predicted octanol–water partition coefficient (Wildman–Crippen LogP) is 2.95. The van der Waals surface area contributed by atoms with Gasteiger partial charge in [0.1, 0.15) is 0 Å². The van der Waals surface area contributed by atoms with Gasteiger partial charge in [-0.2, -0.15) is 0 Å². The molecule has 1 heterocycles. The summed E-state index contributed by atoms with van der Waals surface area (Å²) >= 11 is 0. The Morgan fingerprint density at radius 2 is 1.76 bits per heavy atom. The van der Waals surface area contributed by atoms with E-state index in [1.165, 1.54) is 24.9 Å². The maximum Gasteiger partial charge on any atom is 0.222 e. The smallest absolute Gasteiger partial charge is 0.222 e. The molecule has 1 aromatic carbocycles. The molecule has 21 heavy (non-hydrogen) atoms. The van der Waals surface area contributed by atoms with Crippen molar-refractivity contribution in [2.45, 2.75) is 39.0 Å². The lowest BCUT2D eigenvalue weighted by Gasteiger charge is -2.34. The molecule has 1 saturated heterocycles. The Hall–Kier alpha value is -1.35. The highest BCUT2D eigenvalue weighted by Crippen LogP contribution is 2.09. The molecule has 0 unspecified atom stereocenters. The summed E-state index contributed by atoms with van der Waals surface area (Å²) in [6.45, 7) is 7.33. The highest BCUT2D eigenvalue weighted by atomic mass is 16.2. The number of aryl methyl sites for hydroxylation is 1. The molecule has 1 fully saturated rings. The molecule has 0 radical (unpaired) electrons. The number of rotatable bonds is 7. The molecular formula is C18H28N2O. The molecule has 0 aliphatic carbocycles. The standard InChI is InChI=1S/C18H28N2O/c1-2-3-12-19-13-15-20(16-14-19)18(21)11-7-10-17-8-5-4-6-9-17/h4-6,8-9H,2-3,7,10-16H2,1H3. The van der Waals surface area contributed by atoms with Crippen LogP contribution in [-0.4, -0.2) is 48.4 Å². The van der Waals surface area contributed by atoms with Crippen LogP contribution in [0.15, 0.2) is 30.3 Å². The Balaban J connectivity index is 1.63. The van der Waals surface area contributed by atoms with Crippen LogP contribution in [0.25, 0.3) is 0 Å². The summed E-state index contributed by atoms with van der Waals surface area (Å²) in [6, 6.07) is 10.4. The van der Waals surface area contributed by atoms with Crippen molar-refractivity contribution < 1.29 is 4.79 Å². The summed E-state index contributed by atoms with van der Waals surface area (Å²) in [6.07, 6.45) is 5.16. The molecule has 0 atom stereocenters. The fraction of sp³-hybridized carbons (Fsp3) is 0.611. The van der Waals surface area contributed by atoms with Gasteiger partial charge in [-0.1, -0.05) is 43.7 Å². The van der Waals surface area contributed by atoms with Gasteiger partial charge in [-0.05, 0) is 31.4 Å². The molecule has 1 amide bonds. The van der Waals surface area contributed by atoms with E-state index in [1.54, 1.807) is 0 Å². The summed E-state index contributed by atoms with van der Waals surface area (Å²) in [5.41, 5.74) is 1.33. The van der Waals surface area contributed by atoms with Crippen LogP contribution >= 0.6 is 0 Å². The first-order valence-electron chi connectivity index (χ1n) is 8.33. The molecule has 3 nitrogen and oxygen atoms in total. The number of amides is 1. The molecule has 0 N–H and O–H groups in total. The maximum absolute atomic E-state index is 12.2. The van der Waals surface area contributed by atoms with Gasteiger partial charge in [0.2, 0.25) is 5.91 Å². The second-order valence-corrected chi connectivity index (χ2v) is 5.92. The minimum Gasteiger partial charge on any atom is -0.340 e. The summed E-state index contributed by atoms with van der Waals surface area (Å²) in [5.74, 6) is 0.334. The minimum atomic E-state index is 0.334. The van der Waals surface area contributed by atoms with Gasteiger partial charge in [-0.25, -0.2) is 0 Å². The van der Waals surface area contributed by atoms with E-state index < -0.39 is 0 Å². The zero-order valence-electron chi connectivity index (χ0n) is 13.3. The van der Waals surface area contributed by atoms with Crippen molar-refractivity contribution in [1.29, 1.82) is 0 Å². The topological polar surface area (TPSA) is 23.6 Å². The van der Waals surface area contributed by atoms with Gasteiger partial charge < -0.3 is 4.90 Å². The Labute approximate surface area is 128 Å². The normalized spacial score (nSPS) is 16.1. The summed E-state index contributed by atoms with van der Waals surface area (Å²) in [4.78, 5) is 16.7. The van der Waals surface area contributed by atoms with E-state index >= 15 is 0 Å². The van der Waals surface area contributed by atoms with Crippen LogP contribution in [0.3, 0.4) is 0 Å². The highest BCUT2D eigenvalue weighted by molar-refractivity contribution is 5.76. The summed E-state index contributed by atoms with van der Waals surface area (Å²) in [7, 11) is 0. The average molecular weight is 288 g/mol. The van der Waals surface area contributed by atoms with E-state index in [2.05, 4.69) is 36.1 Å². The Kier molecular flexibility index (Phi) is 6.74. The van der Waals surface area contributed by atoms with E-state index in [4.69, 9.17) is 0 Å². The van der Waals surface area contributed by atoms with Crippen molar-refractivity contribution >= 4 is 5.91 Å². The van der Waals surface area contributed by atoms with E-state index in [0.717, 1.165) is 39.0 Å². The molecular weight excluding hydrogens is 260 g/mol. The quantitative estimate of drug-likeness (QED) is 0.770. The van der Waals surface area contributed by atoms with Gasteiger partial charge in [0.25, 0.3) is 0 Å². The third-order valence-electron chi connectivity index (χ3n) is 4.25. The van der Waals surface area contributed by atoms with Crippen molar-refractivity contribution in [3.63, 3.8) is 0 Å². The van der Waals surface area contributed by atoms with Gasteiger partial charge in [-0.3, -0.25) is 9.69 Å². The van der Waals surface area contributed by atoms with E-state index in [9.17, 15) is 4.79 Å². The molecule has 1 aliphatic heterocycles. The number of nitrogens with zero attached hydrogens (tertiary/aromatic N) is 2. The van der Waals surface area contributed by atoms with Crippen LogP contribution in [0.5, 0.6) is 0 Å². The summed E-state index contributed by atoms with van der Waals surface area (Å²) < 4.78 is 0. The number of benzene rings is 1. The van der Waals surface area contributed by atoms with Crippen LogP contribution in [0.2, 0.25) is 0 Å². The molecule has 0 aromatic heterocycles. The van der Waals surface area contributed by atoms with E-state index in [1.807, 2.05) is 11.0 Å². The van der Waals surface area contributed by atoms with Gasteiger partial charge in [0.05, 0.1) is 0 Å². The first-order chi connectivity index (χ1) is 10.3. The van der Waals surface area contributed by atoms with Crippen molar-refractivity contribution in [2.75, 3.05) is 32.7 Å². The number of hydrogen-bond acceptors (Lipinski definition) is 2. The number of unbranched alkanes of at least 4 members (excludes halogenated alkanes) is 1. The van der Waals surface area contributed by atoms with Crippen molar-refractivity contribution in [3.8, 4) is 0 Å². The largest absolute Gasteiger partial charge is 0.340 e. The first-order valence-corrected chi connectivity index (χ1v) is 8.33. The lowest BCUT2D eigenvalue weighted by molar-refractivity contribution is -0.133. The van der Waals surface area contributed by atoms with E-state index in [-0.39, 0.29) is 0 Å². The predicted molar refractivity (Wildman–Crippen MR) is 87.3 cm³/mol. The third-order valence-corrected chi connectivity index (χ3v) is 4.25. The van der Waals surface area contributed by atoms with Crippen LogP contribution in [0.4, 0.5) is 0 Å². The second kappa shape index (κ2) is 8.83. The number of piperazine rings is 1.